The summed E-state index contributed by atoms with van der Waals surface area (Å²) in [5, 5.41) is 5.57. The molecule has 0 aromatic heterocycles. The highest BCUT2D eigenvalue weighted by atomic mass is 16.5. The third-order valence-electron chi connectivity index (χ3n) is 2.97. The van der Waals surface area contributed by atoms with Crippen LogP contribution in [-0.4, -0.2) is 25.5 Å². The van der Waals surface area contributed by atoms with Crippen LogP contribution in [0.3, 0.4) is 0 Å². The average molecular weight is 298 g/mol. The normalized spacial score (nSPS) is 10.1. The number of para-hydroxylation sites is 1. The lowest BCUT2D eigenvalue weighted by Crippen LogP contribution is -2.17. The van der Waals surface area contributed by atoms with Gasteiger partial charge in [-0.1, -0.05) is 30.3 Å². The Hall–Kier alpha value is -2.66. The molecule has 0 atom stereocenters. The monoisotopic (exact) mass is 298 g/mol. The van der Waals surface area contributed by atoms with E-state index in [9.17, 15) is 9.59 Å². The molecule has 0 bridgehead atoms. The Morgan fingerprint density at radius 2 is 1.82 bits per heavy atom. The van der Waals surface area contributed by atoms with Crippen molar-refractivity contribution in [3.8, 4) is 11.1 Å². The number of methoxy groups -OCH3 is 1. The molecule has 22 heavy (non-hydrogen) atoms. The molecule has 0 radical (unpaired) electrons. The molecule has 2 N–H and O–H groups in total. The molecule has 0 saturated carbocycles. The minimum atomic E-state index is -0.215. The molecule has 2 aromatic carbocycles. The SMILES string of the molecule is COCC(=O)Nc1ccccc1-c1cccc(NC(C)=O)c1. The lowest BCUT2D eigenvalue weighted by atomic mass is 10.0. The number of rotatable bonds is 5. The summed E-state index contributed by atoms with van der Waals surface area (Å²) in [7, 11) is 1.47. The second-order valence-electron chi connectivity index (χ2n) is 4.79. The van der Waals surface area contributed by atoms with Crippen LogP contribution in [0.25, 0.3) is 11.1 Å². The molecule has 0 saturated heterocycles. The number of amides is 2. The van der Waals surface area contributed by atoms with Gasteiger partial charge in [0.05, 0.1) is 0 Å². The Labute approximate surface area is 129 Å². The number of hydrogen-bond donors (Lipinski definition) is 2. The van der Waals surface area contributed by atoms with Gasteiger partial charge in [0.15, 0.2) is 0 Å². The Balaban J connectivity index is 2.32. The van der Waals surface area contributed by atoms with Crippen LogP contribution in [-0.2, 0) is 14.3 Å². The van der Waals surface area contributed by atoms with E-state index in [2.05, 4.69) is 10.6 Å². The maximum absolute atomic E-state index is 11.7. The maximum Gasteiger partial charge on any atom is 0.250 e. The summed E-state index contributed by atoms with van der Waals surface area (Å²) in [6, 6.07) is 14.9. The Kier molecular flexibility index (Phi) is 5.27. The number of carbonyl (C=O) groups excluding carboxylic acids is 2. The van der Waals surface area contributed by atoms with E-state index < -0.39 is 0 Å². The summed E-state index contributed by atoms with van der Waals surface area (Å²) >= 11 is 0. The largest absolute Gasteiger partial charge is 0.375 e. The van der Waals surface area contributed by atoms with Crippen LogP contribution >= 0.6 is 0 Å². The standard InChI is InChI=1S/C17H18N2O3/c1-12(20)18-14-7-5-6-13(10-14)15-8-3-4-9-16(15)19-17(21)11-22-2/h3-10H,11H2,1-2H3,(H,18,20)(H,19,21). The first-order chi connectivity index (χ1) is 10.6. The van der Waals surface area contributed by atoms with Gasteiger partial charge in [-0.05, 0) is 23.8 Å². The summed E-state index contributed by atoms with van der Waals surface area (Å²) in [5.41, 5.74) is 3.19. The van der Waals surface area contributed by atoms with E-state index in [-0.39, 0.29) is 18.4 Å². The minimum Gasteiger partial charge on any atom is -0.375 e. The second-order valence-corrected chi connectivity index (χ2v) is 4.79. The Morgan fingerprint density at radius 3 is 2.55 bits per heavy atom. The molecule has 2 aromatic rings. The number of ether oxygens (including phenoxy) is 1. The van der Waals surface area contributed by atoms with Crippen molar-refractivity contribution in [2.24, 2.45) is 0 Å². The third-order valence-corrected chi connectivity index (χ3v) is 2.97. The van der Waals surface area contributed by atoms with E-state index in [1.807, 2.05) is 48.5 Å². The Bertz CT molecular complexity index is 683. The van der Waals surface area contributed by atoms with Crippen LogP contribution < -0.4 is 10.6 Å². The molecule has 114 valence electrons. The first kappa shape index (κ1) is 15.7. The van der Waals surface area contributed by atoms with Crippen molar-refractivity contribution in [1.29, 1.82) is 0 Å². The fourth-order valence-corrected chi connectivity index (χ4v) is 2.13. The van der Waals surface area contributed by atoms with Crippen molar-refractivity contribution in [1.82, 2.24) is 0 Å². The first-order valence-corrected chi connectivity index (χ1v) is 6.86. The zero-order valence-electron chi connectivity index (χ0n) is 12.6. The fourth-order valence-electron chi connectivity index (χ4n) is 2.13. The number of hydrogen-bond acceptors (Lipinski definition) is 3. The van der Waals surface area contributed by atoms with Gasteiger partial charge >= 0.3 is 0 Å². The molecule has 0 aliphatic rings. The van der Waals surface area contributed by atoms with Crippen molar-refractivity contribution in [2.75, 3.05) is 24.4 Å². The molecular weight excluding hydrogens is 280 g/mol. The van der Waals surface area contributed by atoms with E-state index in [0.717, 1.165) is 11.1 Å². The van der Waals surface area contributed by atoms with Gasteiger partial charge in [-0.2, -0.15) is 0 Å². The van der Waals surface area contributed by atoms with Crippen molar-refractivity contribution in [3.63, 3.8) is 0 Å². The van der Waals surface area contributed by atoms with E-state index >= 15 is 0 Å². The summed E-state index contributed by atoms with van der Waals surface area (Å²) in [4.78, 5) is 22.9. The molecule has 5 heteroatoms. The van der Waals surface area contributed by atoms with Crippen molar-refractivity contribution in [2.45, 2.75) is 6.92 Å². The van der Waals surface area contributed by atoms with Gasteiger partial charge in [-0.25, -0.2) is 0 Å². The summed E-state index contributed by atoms with van der Waals surface area (Å²) in [6.07, 6.45) is 0. The molecule has 0 unspecified atom stereocenters. The topological polar surface area (TPSA) is 67.4 Å². The zero-order chi connectivity index (χ0) is 15.9. The van der Waals surface area contributed by atoms with Crippen LogP contribution in [0.5, 0.6) is 0 Å². The molecule has 2 amide bonds. The van der Waals surface area contributed by atoms with Crippen LogP contribution in [0.4, 0.5) is 11.4 Å². The van der Waals surface area contributed by atoms with Gasteiger partial charge in [-0.3, -0.25) is 9.59 Å². The lowest BCUT2D eigenvalue weighted by molar-refractivity contribution is -0.119. The van der Waals surface area contributed by atoms with Crippen molar-refractivity contribution >= 4 is 23.2 Å². The highest BCUT2D eigenvalue weighted by Crippen LogP contribution is 2.29. The number of nitrogens with one attached hydrogen (secondary N) is 2. The molecule has 0 aliphatic heterocycles. The Morgan fingerprint density at radius 1 is 1.05 bits per heavy atom. The third kappa shape index (κ3) is 4.17. The van der Waals surface area contributed by atoms with Gasteiger partial charge in [0, 0.05) is 31.0 Å². The molecule has 0 spiro atoms. The van der Waals surface area contributed by atoms with Crippen LogP contribution in [0.2, 0.25) is 0 Å². The molecule has 0 aliphatic carbocycles. The predicted molar refractivity (Wildman–Crippen MR) is 86.7 cm³/mol. The van der Waals surface area contributed by atoms with Crippen molar-refractivity contribution < 1.29 is 14.3 Å². The summed E-state index contributed by atoms with van der Waals surface area (Å²) in [6.45, 7) is 1.46. The fraction of sp³-hybridized carbons (Fsp3) is 0.176. The van der Waals surface area contributed by atoms with Gasteiger partial charge in [0.25, 0.3) is 0 Å². The highest BCUT2D eigenvalue weighted by Gasteiger charge is 2.08. The average Bonchev–Trinajstić information content (AvgIpc) is 2.47. The molecular formula is C17H18N2O3. The van der Waals surface area contributed by atoms with Gasteiger partial charge in [-0.15, -0.1) is 0 Å². The van der Waals surface area contributed by atoms with E-state index in [1.165, 1.54) is 14.0 Å². The molecule has 0 heterocycles. The van der Waals surface area contributed by atoms with Gasteiger partial charge in [0.1, 0.15) is 6.61 Å². The predicted octanol–water partition coefficient (Wildman–Crippen LogP) is 2.90. The smallest absolute Gasteiger partial charge is 0.250 e. The summed E-state index contributed by atoms with van der Waals surface area (Å²) in [5.74, 6) is -0.341. The second kappa shape index (κ2) is 7.38. The van der Waals surface area contributed by atoms with Gasteiger partial charge in [0.2, 0.25) is 11.8 Å². The molecule has 5 nitrogen and oxygen atoms in total. The molecule has 2 rings (SSSR count). The maximum atomic E-state index is 11.7. The van der Waals surface area contributed by atoms with Crippen LogP contribution in [0.15, 0.2) is 48.5 Å². The number of anilines is 2. The van der Waals surface area contributed by atoms with E-state index in [1.54, 1.807) is 0 Å². The summed E-state index contributed by atoms with van der Waals surface area (Å²) < 4.78 is 4.82. The van der Waals surface area contributed by atoms with Crippen LogP contribution in [0, 0.1) is 0 Å². The van der Waals surface area contributed by atoms with E-state index in [4.69, 9.17) is 4.74 Å². The van der Waals surface area contributed by atoms with Crippen molar-refractivity contribution in [3.05, 3.63) is 48.5 Å². The van der Waals surface area contributed by atoms with E-state index in [0.29, 0.717) is 11.4 Å². The number of benzene rings is 2. The van der Waals surface area contributed by atoms with Crippen LogP contribution in [0.1, 0.15) is 6.92 Å². The van der Waals surface area contributed by atoms with Gasteiger partial charge < -0.3 is 15.4 Å². The zero-order valence-corrected chi connectivity index (χ0v) is 12.6. The highest BCUT2D eigenvalue weighted by molar-refractivity contribution is 5.97. The lowest BCUT2D eigenvalue weighted by Gasteiger charge is -2.12. The quantitative estimate of drug-likeness (QED) is 0.892. The first-order valence-electron chi connectivity index (χ1n) is 6.86. The number of carbonyl (C=O) groups is 2. The minimum absolute atomic E-state index is 0.000264. The molecule has 0 fully saturated rings.